The molecule has 1 aliphatic rings. The summed E-state index contributed by atoms with van der Waals surface area (Å²) in [5.74, 6) is 0.414. The lowest BCUT2D eigenvalue weighted by Gasteiger charge is -2.12. The second-order valence-corrected chi connectivity index (χ2v) is 5.02. The van der Waals surface area contributed by atoms with Crippen molar-refractivity contribution in [2.75, 3.05) is 11.9 Å². The molecule has 3 rings (SSSR count). The standard InChI is InChI=1S/C13H9ClF3N3O/c14-9-2-1-6(5-8(9)13(15,16)17)10-7-3-4-18-11(7)20-12(21)19-10/h1-2,5H,3-4H2,(H2,18,19,20,21). The molecule has 0 atom stereocenters. The van der Waals surface area contributed by atoms with Gasteiger partial charge in [0.25, 0.3) is 0 Å². The van der Waals surface area contributed by atoms with Gasteiger partial charge < -0.3 is 10.3 Å². The predicted molar refractivity (Wildman–Crippen MR) is 72.5 cm³/mol. The smallest absolute Gasteiger partial charge is 0.369 e. The van der Waals surface area contributed by atoms with Crippen LogP contribution in [0.5, 0.6) is 0 Å². The number of fused-ring (bicyclic) bond motifs is 1. The van der Waals surface area contributed by atoms with E-state index in [2.05, 4.69) is 15.3 Å². The number of nitrogens with zero attached hydrogens (tertiary/aromatic N) is 1. The van der Waals surface area contributed by atoms with E-state index >= 15 is 0 Å². The van der Waals surface area contributed by atoms with Gasteiger partial charge in [-0.15, -0.1) is 0 Å². The first kappa shape index (κ1) is 13.9. The van der Waals surface area contributed by atoms with Gasteiger partial charge in [-0.05, 0) is 24.1 Å². The lowest BCUT2D eigenvalue weighted by Crippen LogP contribution is -2.14. The molecule has 2 aromatic rings. The third-order valence-electron chi connectivity index (χ3n) is 3.26. The van der Waals surface area contributed by atoms with Gasteiger partial charge in [-0.1, -0.05) is 17.7 Å². The van der Waals surface area contributed by atoms with Crippen LogP contribution in [0.2, 0.25) is 5.02 Å². The second kappa shape index (κ2) is 4.77. The van der Waals surface area contributed by atoms with Gasteiger partial charge in [0, 0.05) is 12.1 Å². The summed E-state index contributed by atoms with van der Waals surface area (Å²) in [6.45, 7) is 0.590. The zero-order valence-corrected chi connectivity index (χ0v) is 11.3. The van der Waals surface area contributed by atoms with E-state index in [1.165, 1.54) is 12.1 Å². The van der Waals surface area contributed by atoms with Crippen molar-refractivity contribution in [3.8, 4) is 11.3 Å². The summed E-state index contributed by atoms with van der Waals surface area (Å²) in [6.07, 6.45) is -3.97. The lowest BCUT2D eigenvalue weighted by atomic mass is 10.0. The summed E-state index contributed by atoms with van der Waals surface area (Å²) in [7, 11) is 0. The van der Waals surface area contributed by atoms with E-state index < -0.39 is 17.4 Å². The van der Waals surface area contributed by atoms with Crippen molar-refractivity contribution in [3.05, 3.63) is 44.8 Å². The Bertz CT molecular complexity index is 770. The number of anilines is 1. The molecule has 0 spiro atoms. The number of aromatic nitrogens is 2. The van der Waals surface area contributed by atoms with Crippen LogP contribution in [0, 0.1) is 0 Å². The molecule has 0 fully saturated rings. The van der Waals surface area contributed by atoms with Gasteiger partial charge in [0.15, 0.2) is 0 Å². The Kier molecular flexibility index (Phi) is 3.16. The Labute approximate surface area is 122 Å². The van der Waals surface area contributed by atoms with Gasteiger partial charge >= 0.3 is 11.9 Å². The Morgan fingerprint density at radius 2 is 2.05 bits per heavy atom. The molecule has 0 saturated heterocycles. The Balaban J connectivity index is 2.21. The largest absolute Gasteiger partial charge is 0.417 e. The number of hydrogen-bond donors (Lipinski definition) is 2. The van der Waals surface area contributed by atoms with Crippen molar-refractivity contribution in [2.45, 2.75) is 12.6 Å². The summed E-state index contributed by atoms with van der Waals surface area (Å²) < 4.78 is 38.8. The molecule has 0 radical (unpaired) electrons. The average Bonchev–Trinajstić information content (AvgIpc) is 2.85. The molecule has 0 unspecified atom stereocenters. The molecular weight excluding hydrogens is 307 g/mol. The minimum atomic E-state index is -4.55. The van der Waals surface area contributed by atoms with Gasteiger partial charge in [-0.2, -0.15) is 18.2 Å². The maximum Gasteiger partial charge on any atom is 0.417 e. The fraction of sp³-hybridized carbons (Fsp3) is 0.231. The maximum absolute atomic E-state index is 12.9. The Morgan fingerprint density at radius 1 is 1.29 bits per heavy atom. The van der Waals surface area contributed by atoms with Crippen LogP contribution in [-0.4, -0.2) is 16.5 Å². The number of H-pyrrole nitrogens is 1. The maximum atomic E-state index is 12.9. The number of halogens is 4. The molecule has 0 amide bonds. The van der Waals surface area contributed by atoms with Gasteiger partial charge in [-0.25, -0.2) is 4.79 Å². The zero-order chi connectivity index (χ0) is 15.2. The molecule has 8 heteroatoms. The highest BCUT2D eigenvalue weighted by molar-refractivity contribution is 6.31. The first-order valence-electron chi connectivity index (χ1n) is 6.10. The van der Waals surface area contributed by atoms with E-state index in [1.54, 1.807) is 0 Å². The molecule has 2 N–H and O–H groups in total. The Morgan fingerprint density at radius 3 is 2.76 bits per heavy atom. The van der Waals surface area contributed by atoms with Crippen molar-refractivity contribution < 1.29 is 13.2 Å². The van der Waals surface area contributed by atoms with Crippen LogP contribution >= 0.6 is 11.6 Å². The highest BCUT2D eigenvalue weighted by Crippen LogP contribution is 2.38. The normalized spacial score (nSPS) is 13.9. The molecule has 21 heavy (non-hydrogen) atoms. The SMILES string of the molecule is O=c1nc2c(c(-c3ccc(Cl)c(C(F)(F)F)c3)[nH]1)CCN2. The number of rotatable bonds is 1. The summed E-state index contributed by atoms with van der Waals surface area (Å²) >= 11 is 5.60. The molecule has 1 aromatic carbocycles. The molecule has 1 aromatic heterocycles. The van der Waals surface area contributed by atoms with Crippen molar-refractivity contribution in [1.82, 2.24) is 9.97 Å². The van der Waals surface area contributed by atoms with Gasteiger partial charge in [0.2, 0.25) is 0 Å². The van der Waals surface area contributed by atoms with Gasteiger partial charge in [0.1, 0.15) is 5.82 Å². The number of benzene rings is 1. The summed E-state index contributed by atoms with van der Waals surface area (Å²) in [6, 6.07) is 3.56. The fourth-order valence-electron chi connectivity index (χ4n) is 2.34. The van der Waals surface area contributed by atoms with Gasteiger partial charge in [-0.3, -0.25) is 0 Å². The summed E-state index contributed by atoms with van der Waals surface area (Å²) in [5, 5.41) is 2.55. The number of alkyl halides is 3. The van der Waals surface area contributed by atoms with Crippen LogP contribution in [-0.2, 0) is 12.6 Å². The molecule has 110 valence electrons. The average molecular weight is 316 g/mol. The first-order chi connectivity index (χ1) is 9.86. The highest BCUT2D eigenvalue weighted by atomic mass is 35.5. The van der Waals surface area contributed by atoms with Crippen LogP contribution in [0.4, 0.5) is 19.0 Å². The molecule has 4 nitrogen and oxygen atoms in total. The molecular formula is C13H9ClF3N3O. The van der Waals surface area contributed by atoms with E-state index in [0.29, 0.717) is 30.0 Å². The zero-order valence-electron chi connectivity index (χ0n) is 10.5. The number of nitrogens with one attached hydrogen (secondary N) is 2. The third kappa shape index (κ3) is 2.49. The van der Waals surface area contributed by atoms with Gasteiger partial charge in [0.05, 0.1) is 16.3 Å². The van der Waals surface area contributed by atoms with E-state index in [9.17, 15) is 18.0 Å². The number of hydrogen-bond acceptors (Lipinski definition) is 3. The van der Waals surface area contributed by atoms with Crippen LogP contribution in [0.3, 0.4) is 0 Å². The second-order valence-electron chi connectivity index (χ2n) is 4.61. The van der Waals surface area contributed by atoms with Crippen molar-refractivity contribution >= 4 is 17.4 Å². The minimum absolute atomic E-state index is 0.256. The third-order valence-corrected chi connectivity index (χ3v) is 3.59. The van der Waals surface area contributed by atoms with Crippen molar-refractivity contribution in [2.24, 2.45) is 0 Å². The van der Waals surface area contributed by atoms with Crippen LogP contribution in [0.1, 0.15) is 11.1 Å². The molecule has 0 bridgehead atoms. The molecule has 2 heterocycles. The predicted octanol–water partition coefficient (Wildman–Crippen LogP) is 3.08. The van der Waals surface area contributed by atoms with Crippen LogP contribution < -0.4 is 11.0 Å². The lowest BCUT2D eigenvalue weighted by molar-refractivity contribution is -0.137. The summed E-state index contributed by atoms with van der Waals surface area (Å²) in [4.78, 5) is 17.8. The van der Waals surface area contributed by atoms with E-state index in [1.807, 2.05) is 0 Å². The fourth-order valence-corrected chi connectivity index (χ4v) is 2.56. The van der Waals surface area contributed by atoms with E-state index in [-0.39, 0.29) is 10.6 Å². The quantitative estimate of drug-likeness (QED) is 0.850. The Hall–Kier alpha value is -2.02. The molecule has 0 aliphatic carbocycles. The van der Waals surface area contributed by atoms with E-state index in [0.717, 1.165) is 6.07 Å². The van der Waals surface area contributed by atoms with Crippen LogP contribution in [0.25, 0.3) is 11.3 Å². The first-order valence-corrected chi connectivity index (χ1v) is 6.48. The van der Waals surface area contributed by atoms with E-state index in [4.69, 9.17) is 11.6 Å². The minimum Gasteiger partial charge on any atom is -0.369 e. The topological polar surface area (TPSA) is 57.8 Å². The summed E-state index contributed by atoms with van der Waals surface area (Å²) in [5.41, 5.74) is -0.242. The highest BCUT2D eigenvalue weighted by Gasteiger charge is 2.33. The molecule has 0 saturated carbocycles. The van der Waals surface area contributed by atoms with Crippen molar-refractivity contribution in [3.63, 3.8) is 0 Å². The van der Waals surface area contributed by atoms with Crippen molar-refractivity contribution in [1.29, 1.82) is 0 Å². The number of aromatic amines is 1. The van der Waals surface area contributed by atoms with Crippen LogP contribution in [0.15, 0.2) is 23.0 Å². The monoisotopic (exact) mass is 315 g/mol. The molecule has 1 aliphatic heterocycles.